The van der Waals surface area contributed by atoms with Crippen LogP contribution in [0.3, 0.4) is 0 Å². The van der Waals surface area contributed by atoms with Gasteiger partial charge in [0, 0.05) is 51.5 Å². The maximum atomic E-state index is 5.71. The molecule has 0 aliphatic carbocycles. The quantitative estimate of drug-likeness (QED) is 0.371. The predicted octanol–water partition coefficient (Wildman–Crippen LogP) is 0.973. The summed E-state index contributed by atoms with van der Waals surface area (Å²) in [5.41, 5.74) is 1.19. The average Bonchev–Trinajstić information content (AvgIpc) is 3.27. The van der Waals surface area contributed by atoms with Gasteiger partial charge in [-0.1, -0.05) is 0 Å². The fourth-order valence-electron chi connectivity index (χ4n) is 3.33. The maximum absolute atomic E-state index is 5.71. The number of hydrogen-bond donors (Lipinski definition) is 1. The smallest absolute Gasteiger partial charge is 0.193 e. The molecular formula is C19H36N6O2. The summed E-state index contributed by atoms with van der Waals surface area (Å²) >= 11 is 0. The first-order chi connectivity index (χ1) is 13.0. The maximum Gasteiger partial charge on any atom is 0.193 e. The second kappa shape index (κ2) is 11.3. The van der Waals surface area contributed by atoms with Gasteiger partial charge in [0.2, 0.25) is 0 Å². The molecule has 27 heavy (non-hydrogen) atoms. The predicted molar refractivity (Wildman–Crippen MR) is 108 cm³/mol. The van der Waals surface area contributed by atoms with Crippen molar-refractivity contribution in [3.05, 3.63) is 18.0 Å². The fourth-order valence-corrected chi connectivity index (χ4v) is 3.33. The van der Waals surface area contributed by atoms with Gasteiger partial charge in [-0.25, -0.2) is 0 Å². The molecule has 0 radical (unpaired) electrons. The van der Waals surface area contributed by atoms with Crippen LogP contribution in [0.4, 0.5) is 0 Å². The van der Waals surface area contributed by atoms with E-state index in [1.807, 2.05) is 17.9 Å². The van der Waals surface area contributed by atoms with E-state index in [0.29, 0.717) is 25.7 Å². The molecule has 1 aromatic rings. The standard InChI is InChI=1S/C19H36N6O2/c1-6-20-19(25-8-7-16(13-25)15-27-10-9-26-5)21-12-18(23(2)3)17-11-22-24(4)14-17/h11,14,16,18H,6-10,12-13,15H2,1-5H3,(H,20,21). The Kier molecular flexibility index (Phi) is 9.03. The number of aryl methyl sites for hydroxylation is 1. The summed E-state index contributed by atoms with van der Waals surface area (Å²) in [5.74, 6) is 1.54. The monoisotopic (exact) mass is 380 g/mol. The lowest BCUT2D eigenvalue weighted by atomic mass is 10.1. The lowest BCUT2D eigenvalue weighted by molar-refractivity contribution is 0.0536. The minimum atomic E-state index is 0.211. The number of nitrogens with zero attached hydrogens (tertiary/aromatic N) is 5. The third-order valence-corrected chi connectivity index (χ3v) is 4.85. The summed E-state index contributed by atoms with van der Waals surface area (Å²) in [7, 11) is 7.82. The number of guanidine groups is 1. The molecule has 2 atom stereocenters. The Bertz CT molecular complexity index is 574. The van der Waals surface area contributed by atoms with Gasteiger partial charge in [-0.05, 0) is 27.4 Å². The normalized spacial score (nSPS) is 19.1. The number of likely N-dealkylation sites (tertiary alicyclic amines) is 1. The van der Waals surface area contributed by atoms with Crippen LogP contribution in [0.2, 0.25) is 0 Å². The van der Waals surface area contributed by atoms with Crippen LogP contribution in [-0.2, 0) is 16.5 Å². The second-order valence-corrected chi connectivity index (χ2v) is 7.29. The molecule has 1 saturated heterocycles. The van der Waals surface area contributed by atoms with Crippen LogP contribution in [0, 0.1) is 5.92 Å². The van der Waals surface area contributed by atoms with Gasteiger partial charge in [0.1, 0.15) is 0 Å². The first-order valence-corrected chi connectivity index (χ1v) is 9.80. The molecule has 8 nitrogen and oxygen atoms in total. The lowest BCUT2D eigenvalue weighted by Gasteiger charge is -2.25. The summed E-state index contributed by atoms with van der Waals surface area (Å²) in [6.45, 7) is 7.78. The van der Waals surface area contributed by atoms with Crippen LogP contribution in [0.5, 0.6) is 0 Å². The summed E-state index contributed by atoms with van der Waals surface area (Å²) in [6.07, 6.45) is 5.13. The SMILES string of the molecule is CCNC(=NCC(c1cnn(C)c1)N(C)C)N1CCC(COCCOC)C1. The topological polar surface area (TPSA) is 67.2 Å². The zero-order valence-corrected chi connectivity index (χ0v) is 17.5. The van der Waals surface area contributed by atoms with Crippen molar-refractivity contribution in [1.29, 1.82) is 0 Å². The van der Waals surface area contributed by atoms with Gasteiger partial charge >= 0.3 is 0 Å². The number of ether oxygens (including phenoxy) is 2. The summed E-state index contributed by atoms with van der Waals surface area (Å²) in [4.78, 5) is 9.48. The van der Waals surface area contributed by atoms with Crippen molar-refractivity contribution in [3.63, 3.8) is 0 Å². The molecule has 1 aliphatic heterocycles. The van der Waals surface area contributed by atoms with Crippen molar-refractivity contribution >= 4 is 5.96 Å². The molecule has 2 unspecified atom stereocenters. The molecule has 154 valence electrons. The Morgan fingerprint density at radius 2 is 2.26 bits per heavy atom. The Labute approximate surface area is 163 Å². The van der Waals surface area contributed by atoms with E-state index in [4.69, 9.17) is 14.5 Å². The molecule has 0 saturated carbocycles. The number of hydrogen-bond acceptors (Lipinski definition) is 5. The third kappa shape index (κ3) is 6.79. The number of likely N-dealkylation sites (N-methyl/N-ethyl adjacent to an activating group) is 1. The van der Waals surface area contributed by atoms with E-state index < -0.39 is 0 Å². The Morgan fingerprint density at radius 1 is 1.44 bits per heavy atom. The Hall–Kier alpha value is -1.64. The number of aromatic nitrogens is 2. The van der Waals surface area contributed by atoms with Gasteiger partial charge in [-0.3, -0.25) is 9.67 Å². The van der Waals surface area contributed by atoms with Crippen LogP contribution in [-0.4, -0.2) is 92.7 Å². The van der Waals surface area contributed by atoms with Gasteiger partial charge in [-0.15, -0.1) is 0 Å². The molecule has 1 aromatic heterocycles. The molecule has 8 heteroatoms. The first-order valence-electron chi connectivity index (χ1n) is 9.80. The fraction of sp³-hybridized carbons (Fsp3) is 0.789. The molecule has 0 amide bonds. The van der Waals surface area contributed by atoms with Crippen LogP contribution >= 0.6 is 0 Å². The van der Waals surface area contributed by atoms with Gasteiger partial charge in [0.15, 0.2) is 5.96 Å². The number of methoxy groups -OCH3 is 1. The van der Waals surface area contributed by atoms with Crippen LogP contribution < -0.4 is 5.32 Å². The summed E-state index contributed by atoms with van der Waals surface area (Å²) in [6, 6.07) is 0.211. The average molecular weight is 381 g/mol. The van der Waals surface area contributed by atoms with Crippen molar-refractivity contribution in [2.45, 2.75) is 19.4 Å². The second-order valence-electron chi connectivity index (χ2n) is 7.29. The number of rotatable bonds is 10. The molecule has 1 fully saturated rings. The summed E-state index contributed by atoms with van der Waals surface area (Å²) in [5, 5.41) is 7.75. The van der Waals surface area contributed by atoms with Crippen molar-refractivity contribution in [1.82, 2.24) is 24.9 Å². The highest BCUT2D eigenvalue weighted by Gasteiger charge is 2.25. The van der Waals surface area contributed by atoms with Gasteiger partial charge in [-0.2, -0.15) is 5.10 Å². The van der Waals surface area contributed by atoms with E-state index in [1.54, 1.807) is 7.11 Å². The zero-order chi connectivity index (χ0) is 19.6. The van der Waals surface area contributed by atoms with E-state index in [-0.39, 0.29) is 6.04 Å². The lowest BCUT2D eigenvalue weighted by Crippen LogP contribution is -2.41. The van der Waals surface area contributed by atoms with E-state index in [2.05, 4.69) is 47.4 Å². The molecule has 1 N–H and O–H groups in total. The third-order valence-electron chi connectivity index (χ3n) is 4.85. The highest BCUT2D eigenvalue weighted by molar-refractivity contribution is 5.80. The summed E-state index contributed by atoms with van der Waals surface area (Å²) < 4.78 is 12.6. The van der Waals surface area contributed by atoms with E-state index in [1.165, 1.54) is 5.56 Å². The minimum Gasteiger partial charge on any atom is -0.382 e. The van der Waals surface area contributed by atoms with Crippen molar-refractivity contribution in [2.24, 2.45) is 18.0 Å². The molecule has 0 aromatic carbocycles. The molecule has 1 aliphatic rings. The molecule has 0 spiro atoms. The Balaban J connectivity index is 1.95. The largest absolute Gasteiger partial charge is 0.382 e. The molecule has 0 bridgehead atoms. The Morgan fingerprint density at radius 3 is 2.89 bits per heavy atom. The molecule has 2 rings (SSSR count). The zero-order valence-electron chi connectivity index (χ0n) is 17.5. The first kappa shape index (κ1) is 21.7. The highest BCUT2D eigenvalue weighted by Crippen LogP contribution is 2.20. The van der Waals surface area contributed by atoms with Crippen LogP contribution in [0.15, 0.2) is 17.4 Å². The minimum absolute atomic E-state index is 0.211. The van der Waals surface area contributed by atoms with E-state index in [0.717, 1.165) is 38.6 Å². The molecular weight excluding hydrogens is 344 g/mol. The highest BCUT2D eigenvalue weighted by atomic mass is 16.5. The van der Waals surface area contributed by atoms with Crippen LogP contribution in [0.1, 0.15) is 24.9 Å². The van der Waals surface area contributed by atoms with Crippen molar-refractivity contribution in [2.75, 3.05) is 67.2 Å². The molecule has 2 heterocycles. The van der Waals surface area contributed by atoms with Gasteiger partial charge < -0.3 is 24.6 Å². The number of aliphatic imine (C=N–C) groups is 1. The van der Waals surface area contributed by atoms with E-state index >= 15 is 0 Å². The van der Waals surface area contributed by atoms with E-state index in [9.17, 15) is 0 Å². The van der Waals surface area contributed by atoms with Gasteiger partial charge in [0.05, 0.1) is 38.6 Å². The van der Waals surface area contributed by atoms with Crippen molar-refractivity contribution in [3.8, 4) is 0 Å². The number of nitrogens with one attached hydrogen (secondary N) is 1. The van der Waals surface area contributed by atoms with Crippen LogP contribution in [0.25, 0.3) is 0 Å². The van der Waals surface area contributed by atoms with Gasteiger partial charge in [0.25, 0.3) is 0 Å². The van der Waals surface area contributed by atoms with Crippen molar-refractivity contribution < 1.29 is 9.47 Å².